The Morgan fingerprint density at radius 2 is 1.89 bits per heavy atom. The van der Waals surface area contributed by atoms with Gasteiger partial charge in [0.2, 0.25) is 0 Å². The molecule has 1 aromatic carbocycles. The molecular weight excluding hydrogens is 269 g/mol. The molecule has 0 unspecified atom stereocenters. The van der Waals surface area contributed by atoms with Crippen molar-refractivity contribution in [3.63, 3.8) is 0 Å². The van der Waals surface area contributed by atoms with Gasteiger partial charge in [-0.1, -0.05) is 17.7 Å². The second-order valence-corrected chi connectivity index (χ2v) is 5.84. The maximum absolute atomic E-state index is 12.2. The lowest BCUT2D eigenvalue weighted by atomic mass is 10.1. The van der Waals surface area contributed by atoms with Gasteiger partial charge in [-0.2, -0.15) is 21.6 Å². The van der Waals surface area contributed by atoms with Gasteiger partial charge in [-0.05, 0) is 37.3 Å². The summed E-state index contributed by atoms with van der Waals surface area (Å²) in [5.41, 5.74) is -4.02. The van der Waals surface area contributed by atoms with E-state index in [0.29, 0.717) is 5.56 Å². The van der Waals surface area contributed by atoms with E-state index >= 15 is 0 Å². The number of halogens is 3. The average Bonchev–Trinajstić information content (AvgIpc) is 3.02. The normalized spacial score (nSPS) is 16.7. The van der Waals surface area contributed by atoms with E-state index in [1.807, 2.05) is 0 Å². The topological polar surface area (TPSA) is 43.4 Å². The SMILES string of the molecule is Cc1ccc(OS(=O)(=O)C(F)(F)F)c(C2CC2)c1. The van der Waals surface area contributed by atoms with Crippen molar-refractivity contribution >= 4 is 10.1 Å². The van der Waals surface area contributed by atoms with E-state index < -0.39 is 15.6 Å². The fourth-order valence-corrected chi connectivity index (χ4v) is 2.11. The van der Waals surface area contributed by atoms with Gasteiger partial charge in [0.25, 0.3) is 0 Å². The van der Waals surface area contributed by atoms with Crippen LogP contribution in [0.3, 0.4) is 0 Å². The largest absolute Gasteiger partial charge is 0.534 e. The van der Waals surface area contributed by atoms with Crippen LogP contribution in [0.2, 0.25) is 0 Å². The van der Waals surface area contributed by atoms with Crippen LogP contribution < -0.4 is 4.18 Å². The van der Waals surface area contributed by atoms with E-state index in [2.05, 4.69) is 4.18 Å². The van der Waals surface area contributed by atoms with Gasteiger partial charge in [0, 0.05) is 0 Å². The highest BCUT2D eigenvalue weighted by atomic mass is 32.2. The van der Waals surface area contributed by atoms with Gasteiger partial charge in [-0.3, -0.25) is 0 Å². The molecule has 1 aliphatic carbocycles. The van der Waals surface area contributed by atoms with E-state index in [9.17, 15) is 21.6 Å². The number of benzene rings is 1. The van der Waals surface area contributed by atoms with Crippen LogP contribution in [-0.2, 0) is 10.1 Å². The van der Waals surface area contributed by atoms with Gasteiger partial charge in [-0.25, -0.2) is 0 Å². The van der Waals surface area contributed by atoms with Gasteiger partial charge < -0.3 is 4.18 Å². The minimum absolute atomic E-state index is 0.100. The predicted molar refractivity (Wildman–Crippen MR) is 58.8 cm³/mol. The maximum atomic E-state index is 12.2. The van der Waals surface area contributed by atoms with Gasteiger partial charge in [0.15, 0.2) is 0 Å². The zero-order valence-electron chi connectivity index (χ0n) is 9.49. The van der Waals surface area contributed by atoms with E-state index in [1.54, 1.807) is 13.0 Å². The Morgan fingerprint density at radius 3 is 2.39 bits per heavy atom. The highest BCUT2D eigenvalue weighted by molar-refractivity contribution is 7.88. The van der Waals surface area contributed by atoms with Crippen molar-refractivity contribution in [2.24, 2.45) is 0 Å². The molecule has 2 rings (SSSR count). The number of rotatable bonds is 3. The van der Waals surface area contributed by atoms with Crippen LogP contribution >= 0.6 is 0 Å². The summed E-state index contributed by atoms with van der Waals surface area (Å²) in [7, 11) is -5.59. The van der Waals surface area contributed by atoms with E-state index in [-0.39, 0.29) is 11.7 Å². The molecule has 1 aromatic rings. The minimum Gasteiger partial charge on any atom is -0.376 e. The molecule has 0 aromatic heterocycles. The van der Waals surface area contributed by atoms with Crippen molar-refractivity contribution in [2.75, 3.05) is 0 Å². The first kappa shape index (κ1) is 13.2. The highest BCUT2D eigenvalue weighted by Crippen LogP contribution is 2.45. The molecule has 3 nitrogen and oxygen atoms in total. The van der Waals surface area contributed by atoms with Crippen LogP contribution in [0.5, 0.6) is 5.75 Å². The van der Waals surface area contributed by atoms with Crippen LogP contribution in [0, 0.1) is 6.92 Å². The second-order valence-electron chi connectivity index (χ2n) is 4.30. The molecule has 0 aliphatic heterocycles. The number of hydrogen-bond acceptors (Lipinski definition) is 3. The van der Waals surface area contributed by atoms with Gasteiger partial charge in [0.05, 0.1) is 0 Å². The lowest BCUT2D eigenvalue weighted by molar-refractivity contribution is -0.0500. The summed E-state index contributed by atoms with van der Waals surface area (Å²) in [6.45, 7) is 1.79. The van der Waals surface area contributed by atoms with Crippen LogP contribution in [0.15, 0.2) is 18.2 Å². The van der Waals surface area contributed by atoms with Crippen LogP contribution in [-0.4, -0.2) is 13.9 Å². The van der Waals surface area contributed by atoms with Crippen LogP contribution in [0.25, 0.3) is 0 Å². The molecule has 0 radical (unpaired) electrons. The molecular formula is C11H11F3O3S. The molecule has 0 atom stereocenters. The Kier molecular flexibility index (Phi) is 3.04. The molecule has 18 heavy (non-hydrogen) atoms. The first-order valence-corrected chi connectivity index (χ1v) is 6.73. The highest BCUT2D eigenvalue weighted by Gasteiger charge is 2.49. The Balaban J connectivity index is 2.35. The average molecular weight is 280 g/mol. The Hall–Kier alpha value is -1.24. The fraction of sp³-hybridized carbons (Fsp3) is 0.455. The number of aryl methyl sites for hydroxylation is 1. The molecule has 1 aliphatic rings. The van der Waals surface area contributed by atoms with E-state index in [1.165, 1.54) is 12.1 Å². The third-order valence-electron chi connectivity index (χ3n) is 2.67. The van der Waals surface area contributed by atoms with Crippen LogP contribution in [0.4, 0.5) is 13.2 Å². The van der Waals surface area contributed by atoms with Crippen molar-refractivity contribution in [1.82, 2.24) is 0 Å². The molecule has 0 saturated heterocycles. The quantitative estimate of drug-likeness (QED) is 0.631. The van der Waals surface area contributed by atoms with Gasteiger partial charge >= 0.3 is 15.6 Å². The monoisotopic (exact) mass is 280 g/mol. The molecule has 0 spiro atoms. The number of alkyl halides is 3. The summed E-state index contributed by atoms with van der Waals surface area (Å²) in [4.78, 5) is 0. The van der Waals surface area contributed by atoms with Crippen molar-refractivity contribution in [3.8, 4) is 5.75 Å². The molecule has 0 bridgehead atoms. The molecule has 7 heteroatoms. The molecule has 1 saturated carbocycles. The van der Waals surface area contributed by atoms with Crippen molar-refractivity contribution in [2.45, 2.75) is 31.2 Å². The summed E-state index contributed by atoms with van der Waals surface area (Å²) in [5.74, 6) is -0.122. The van der Waals surface area contributed by atoms with Gasteiger partial charge in [0.1, 0.15) is 5.75 Å². The maximum Gasteiger partial charge on any atom is 0.534 e. The molecule has 0 amide bonds. The smallest absolute Gasteiger partial charge is 0.376 e. The second kappa shape index (κ2) is 4.15. The van der Waals surface area contributed by atoms with Crippen molar-refractivity contribution in [1.29, 1.82) is 0 Å². The zero-order chi connectivity index (χ0) is 13.6. The minimum atomic E-state index is -5.59. The molecule has 100 valence electrons. The zero-order valence-corrected chi connectivity index (χ0v) is 10.3. The first-order chi connectivity index (χ1) is 8.21. The third kappa shape index (κ3) is 2.60. The summed E-state index contributed by atoms with van der Waals surface area (Å²) >= 11 is 0. The first-order valence-electron chi connectivity index (χ1n) is 5.32. The molecule has 1 fully saturated rings. The van der Waals surface area contributed by atoms with E-state index in [4.69, 9.17) is 0 Å². The van der Waals surface area contributed by atoms with Crippen molar-refractivity contribution < 1.29 is 25.8 Å². The fourth-order valence-electron chi connectivity index (χ4n) is 1.62. The Labute approximate surface area is 103 Å². The standard InChI is InChI=1S/C11H11F3O3S/c1-7-2-5-10(9(6-7)8-3-4-8)17-18(15,16)11(12,13)14/h2,5-6,8H,3-4H2,1H3. The van der Waals surface area contributed by atoms with Crippen molar-refractivity contribution in [3.05, 3.63) is 29.3 Å². The summed E-state index contributed by atoms with van der Waals surface area (Å²) < 4.78 is 62.8. The molecule has 0 heterocycles. The van der Waals surface area contributed by atoms with Gasteiger partial charge in [-0.15, -0.1) is 0 Å². The molecule has 0 N–H and O–H groups in total. The third-order valence-corrected chi connectivity index (χ3v) is 3.63. The van der Waals surface area contributed by atoms with E-state index in [0.717, 1.165) is 18.4 Å². The Morgan fingerprint density at radius 1 is 1.28 bits per heavy atom. The summed E-state index contributed by atoms with van der Waals surface area (Å²) in [5, 5.41) is 0. The van der Waals surface area contributed by atoms with Crippen LogP contribution in [0.1, 0.15) is 29.9 Å². The number of hydrogen-bond donors (Lipinski definition) is 0. The Bertz CT molecular complexity index is 559. The predicted octanol–water partition coefficient (Wildman–Crippen LogP) is 3.10. The lowest BCUT2D eigenvalue weighted by Crippen LogP contribution is -2.28. The summed E-state index contributed by atoms with van der Waals surface area (Å²) in [6.07, 6.45) is 1.68. The lowest BCUT2D eigenvalue weighted by Gasteiger charge is -2.13. The summed E-state index contributed by atoms with van der Waals surface area (Å²) in [6, 6.07) is 4.46.